The average Bonchev–Trinajstić information content (AvgIpc) is 2.40. The van der Waals surface area contributed by atoms with Gasteiger partial charge < -0.3 is 10.1 Å². The molecule has 0 radical (unpaired) electrons. The highest BCUT2D eigenvalue weighted by molar-refractivity contribution is 6.30. The highest BCUT2D eigenvalue weighted by atomic mass is 35.5. The third-order valence-electron chi connectivity index (χ3n) is 2.43. The van der Waals surface area contributed by atoms with Gasteiger partial charge in [0, 0.05) is 11.2 Å². The summed E-state index contributed by atoms with van der Waals surface area (Å²) in [7, 11) is 0. The number of nitrogens with one attached hydrogen (secondary N) is 1. The predicted molar refractivity (Wildman–Crippen MR) is 74.2 cm³/mol. The maximum absolute atomic E-state index is 5.99. The number of ether oxygens (including phenoxy) is 1. The van der Waals surface area contributed by atoms with Crippen molar-refractivity contribution in [1.29, 1.82) is 0 Å². The maximum Gasteiger partial charge on any atom is 0.142 e. The van der Waals surface area contributed by atoms with E-state index in [-0.39, 0.29) is 0 Å². The Balaban J connectivity index is 2.10. The molecule has 0 fully saturated rings. The van der Waals surface area contributed by atoms with E-state index in [2.05, 4.69) is 10.3 Å². The molecule has 0 atom stereocenters. The van der Waals surface area contributed by atoms with E-state index in [0.29, 0.717) is 18.2 Å². The number of benzene rings is 1. The minimum Gasteiger partial charge on any atom is -0.492 e. The van der Waals surface area contributed by atoms with Gasteiger partial charge in [-0.3, -0.25) is 4.98 Å². The number of hydrogen-bond donors (Lipinski definition) is 1. The molecule has 0 aliphatic rings. The number of hydrogen-bond acceptors (Lipinski definition) is 3. The van der Waals surface area contributed by atoms with E-state index in [1.807, 2.05) is 43.3 Å². The molecule has 3 nitrogen and oxygen atoms in total. The highest BCUT2D eigenvalue weighted by Gasteiger charge is 2.04. The summed E-state index contributed by atoms with van der Waals surface area (Å²) in [5, 5.41) is 3.97. The molecule has 0 spiro atoms. The van der Waals surface area contributed by atoms with Crippen LogP contribution in [0.1, 0.15) is 12.6 Å². The molecule has 2 aromatic rings. The Morgan fingerprint density at radius 1 is 1.28 bits per heavy atom. The summed E-state index contributed by atoms with van der Waals surface area (Å²) in [6.07, 6.45) is 1.78. The van der Waals surface area contributed by atoms with Gasteiger partial charge in [-0.15, -0.1) is 0 Å². The fourth-order valence-corrected chi connectivity index (χ4v) is 1.78. The number of nitrogens with zero attached hydrogens (tertiary/aromatic N) is 1. The second-order valence-corrected chi connectivity index (χ2v) is 4.18. The molecule has 1 N–H and O–H groups in total. The van der Waals surface area contributed by atoms with Crippen LogP contribution in [-0.2, 0) is 6.54 Å². The molecule has 1 heterocycles. The monoisotopic (exact) mass is 262 g/mol. The first kappa shape index (κ1) is 12.7. The number of anilines is 1. The van der Waals surface area contributed by atoms with Gasteiger partial charge >= 0.3 is 0 Å². The van der Waals surface area contributed by atoms with Crippen molar-refractivity contribution in [3.8, 4) is 5.75 Å². The van der Waals surface area contributed by atoms with E-state index in [1.165, 1.54) is 0 Å². The van der Waals surface area contributed by atoms with Crippen molar-refractivity contribution in [3.63, 3.8) is 0 Å². The first-order valence-corrected chi connectivity index (χ1v) is 6.23. The summed E-state index contributed by atoms with van der Waals surface area (Å²) in [5.41, 5.74) is 1.86. The summed E-state index contributed by atoms with van der Waals surface area (Å²) in [5.74, 6) is 0.804. The fraction of sp³-hybridized carbons (Fsp3) is 0.214. The lowest BCUT2D eigenvalue weighted by molar-refractivity contribution is 0.341. The first-order valence-electron chi connectivity index (χ1n) is 5.85. The van der Waals surface area contributed by atoms with Gasteiger partial charge in [0.25, 0.3) is 0 Å². The van der Waals surface area contributed by atoms with Crippen LogP contribution in [0.2, 0.25) is 5.02 Å². The predicted octanol–water partition coefficient (Wildman–Crippen LogP) is 3.75. The van der Waals surface area contributed by atoms with Crippen LogP contribution in [0, 0.1) is 0 Å². The van der Waals surface area contributed by atoms with Crippen molar-refractivity contribution >= 4 is 17.3 Å². The van der Waals surface area contributed by atoms with Crippen LogP contribution in [0.4, 0.5) is 5.69 Å². The van der Waals surface area contributed by atoms with E-state index in [4.69, 9.17) is 16.3 Å². The van der Waals surface area contributed by atoms with Gasteiger partial charge in [0.15, 0.2) is 0 Å². The Kier molecular flexibility index (Phi) is 4.42. The maximum atomic E-state index is 5.99. The third-order valence-corrected chi connectivity index (χ3v) is 2.66. The molecule has 0 unspecified atom stereocenters. The molecule has 1 aromatic carbocycles. The second kappa shape index (κ2) is 6.26. The molecule has 94 valence electrons. The van der Waals surface area contributed by atoms with E-state index in [1.54, 1.807) is 6.20 Å². The van der Waals surface area contributed by atoms with Crippen molar-refractivity contribution in [2.75, 3.05) is 11.9 Å². The van der Waals surface area contributed by atoms with Gasteiger partial charge in [0.05, 0.1) is 24.5 Å². The molecule has 0 aliphatic carbocycles. The minimum absolute atomic E-state index is 0.625. The third kappa shape index (κ3) is 3.37. The standard InChI is InChI=1S/C14H15ClN2O/c1-2-18-14-7-6-11(15)9-13(14)17-10-12-5-3-4-8-16-12/h3-9,17H,2,10H2,1H3. The molecule has 0 aliphatic heterocycles. The van der Waals surface area contributed by atoms with Gasteiger partial charge in [-0.1, -0.05) is 17.7 Å². The number of rotatable bonds is 5. The van der Waals surface area contributed by atoms with Crippen LogP contribution in [0.25, 0.3) is 0 Å². The van der Waals surface area contributed by atoms with Gasteiger partial charge in [0.2, 0.25) is 0 Å². The quantitative estimate of drug-likeness (QED) is 0.891. The van der Waals surface area contributed by atoms with Crippen LogP contribution in [0.5, 0.6) is 5.75 Å². The normalized spacial score (nSPS) is 10.1. The molecule has 4 heteroatoms. The molecule has 0 saturated heterocycles. The average molecular weight is 263 g/mol. The van der Waals surface area contributed by atoms with Crippen molar-refractivity contribution in [1.82, 2.24) is 4.98 Å². The molecule has 0 bridgehead atoms. The number of pyridine rings is 1. The smallest absolute Gasteiger partial charge is 0.142 e. The Labute approximate surface area is 112 Å². The second-order valence-electron chi connectivity index (χ2n) is 3.75. The van der Waals surface area contributed by atoms with E-state index in [9.17, 15) is 0 Å². The van der Waals surface area contributed by atoms with Crippen LogP contribution in [0.15, 0.2) is 42.6 Å². The van der Waals surface area contributed by atoms with E-state index >= 15 is 0 Å². The van der Waals surface area contributed by atoms with Crippen molar-refractivity contribution < 1.29 is 4.74 Å². The Hall–Kier alpha value is -1.74. The SMILES string of the molecule is CCOc1ccc(Cl)cc1NCc1ccccn1. The zero-order valence-corrected chi connectivity index (χ0v) is 10.9. The Bertz CT molecular complexity index is 502. The molecule has 18 heavy (non-hydrogen) atoms. The van der Waals surface area contributed by atoms with Crippen LogP contribution in [-0.4, -0.2) is 11.6 Å². The van der Waals surface area contributed by atoms with Crippen molar-refractivity contribution in [2.45, 2.75) is 13.5 Å². The Morgan fingerprint density at radius 3 is 2.89 bits per heavy atom. The summed E-state index contributed by atoms with van der Waals surface area (Å²) in [6, 6.07) is 11.4. The van der Waals surface area contributed by atoms with Gasteiger partial charge in [-0.25, -0.2) is 0 Å². The van der Waals surface area contributed by atoms with Crippen LogP contribution < -0.4 is 10.1 Å². The molecule has 2 rings (SSSR count). The van der Waals surface area contributed by atoms with Gasteiger partial charge in [0.1, 0.15) is 5.75 Å². The highest BCUT2D eigenvalue weighted by Crippen LogP contribution is 2.28. The summed E-state index contributed by atoms with van der Waals surface area (Å²) in [6.45, 7) is 3.22. The molecular weight excluding hydrogens is 248 g/mol. The van der Waals surface area contributed by atoms with Crippen LogP contribution >= 0.6 is 11.6 Å². The van der Waals surface area contributed by atoms with Crippen molar-refractivity contribution in [2.24, 2.45) is 0 Å². The Morgan fingerprint density at radius 2 is 2.17 bits per heavy atom. The molecule has 0 saturated carbocycles. The molecule has 0 amide bonds. The first-order chi connectivity index (χ1) is 8.79. The molecule has 1 aromatic heterocycles. The number of halogens is 1. The minimum atomic E-state index is 0.625. The van der Waals surface area contributed by atoms with E-state index < -0.39 is 0 Å². The fourth-order valence-electron chi connectivity index (χ4n) is 1.61. The zero-order chi connectivity index (χ0) is 12.8. The van der Waals surface area contributed by atoms with Crippen LogP contribution in [0.3, 0.4) is 0 Å². The number of aromatic nitrogens is 1. The lowest BCUT2D eigenvalue weighted by Crippen LogP contribution is -2.03. The zero-order valence-electron chi connectivity index (χ0n) is 10.2. The van der Waals surface area contributed by atoms with Gasteiger partial charge in [-0.2, -0.15) is 0 Å². The van der Waals surface area contributed by atoms with Gasteiger partial charge in [-0.05, 0) is 37.3 Å². The van der Waals surface area contributed by atoms with E-state index in [0.717, 1.165) is 17.1 Å². The van der Waals surface area contributed by atoms with Crippen molar-refractivity contribution in [3.05, 3.63) is 53.3 Å². The summed E-state index contributed by atoms with van der Waals surface area (Å²) < 4.78 is 5.54. The summed E-state index contributed by atoms with van der Waals surface area (Å²) in [4.78, 5) is 4.26. The lowest BCUT2D eigenvalue weighted by Gasteiger charge is -2.12. The largest absolute Gasteiger partial charge is 0.492 e. The topological polar surface area (TPSA) is 34.1 Å². The molecular formula is C14H15ClN2O. The summed E-state index contributed by atoms with van der Waals surface area (Å²) >= 11 is 5.99. The lowest BCUT2D eigenvalue weighted by atomic mass is 10.2.